The molecule has 0 atom stereocenters. The molecule has 26 heavy (non-hydrogen) atoms. The van der Waals surface area contributed by atoms with Crippen LogP contribution < -0.4 is 14.8 Å². The van der Waals surface area contributed by atoms with E-state index in [9.17, 15) is 13.2 Å². The molecule has 2 rings (SSSR count). The van der Waals surface area contributed by atoms with Crippen LogP contribution in [0.5, 0.6) is 11.5 Å². The van der Waals surface area contributed by atoms with Gasteiger partial charge in [-0.15, -0.1) is 0 Å². The second-order valence-corrected chi connectivity index (χ2v) is 8.01. The third-order valence-electron chi connectivity index (χ3n) is 3.59. The van der Waals surface area contributed by atoms with Crippen molar-refractivity contribution in [1.29, 1.82) is 0 Å². The lowest BCUT2D eigenvalue weighted by Crippen LogP contribution is -2.23. The zero-order chi connectivity index (χ0) is 19.5. The molecule has 2 aromatic carbocycles. The molecule has 0 heterocycles. The Bertz CT molecular complexity index is 929. The largest absolute Gasteiger partial charge is 0.495 e. The summed E-state index contributed by atoms with van der Waals surface area (Å²) < 4.78 is 36.3. The summed E-state index contributed by atoms with van der Waals surface area (Å²) in [6.07, 6.45) is 0. The summed E-state index contributed by atoms with van der Waals surface area (Å²) in [5.74, 6) is 0.0661. The van der Waals surface area contributed by atoms with E-state index in [2.05, 4.69) is 5.32 Å². The summed E-state index contributed by atoms with van der Waals surface area (Å²) in [6.45, 7) is 0. The molecule has 0 aliphatic rings. The van der Waals surface area contributed by atoms with E-state index >= 15 is 0 Å². The number of hydrogen-bond donors (Lipinski definition) is 1. The van der Waals surface area contributed by atoms with Crippen molar-refractivity contribution in [1.82, 2.24) is 4.31 Å². The van der Waals surface area contributed by atoms with E-state index in [0.717, 1.165) is 4.31 Å². The van der Waals surface area contributed by atoms with E-state index in [4.69, 9.17) is 21.1 Å². The summed E-state index contributed by atoms with van der Waals surface area (Å²) in [4.78, 5) is 12.5. The molecule has 0 fully saturated rings. The first kappa shape index (κ1) is 20.0. The summed E-state index contributed by atoms with van der Waals surface area (Å²) in [5.41, 5.74) is 0.520. The van der Waals surface area contributed by atoms with Gasteiger partial charge in [-0.25, -0.2) is 12.7 Å². The Balaban J connectivity index is 2.44. The minimum absolute atomic E-state index is 0.101. The maximum Gasteiger partial charge on any atom is 0.255 e. The second kappa shape index (κ2) is 7.94. The summed E-state index contributed by atoms with van der Waals surface area (Å²) in [6, 6.07) is 8.96. The molecule has 9 heteroatoms. The second-order valence-electron chi connectivity index (χ2n) is 5.45. The first-order valence-electron chi connectivity index (χ1n) is 7.46. The van der Waals surface area contributed by atoms with Gasteiger partial charge in [0.05, 0.1) is 19.9 Å². The first-order chi connectivity index (χ1) is 12.2. The monoisotopic (exact) mass is 398 g/mol. The fraction of sp³-hybridized carbons (Fsp3) is 0.235. The molecule has 0 saturated heterocycles. The Kier molecular flexibility index (Phi) is 6.12. The van der Waals surface area contributed by atoms with Gasteiger partial charge in [-0.05, 0) is 36.4 Å². The van der Waals surface area contributed by atoms with E-state index in [1.807, 2.05) is 0 Å². The van der Waals surface area contributed by atoms with Crippen molar-refractivity contribution < 1.29 is 22.7 Å². The molecular formula is C17H19ClN2O5S. The number of amides is 1. The van der Waals surface area contributed by atoms with E-state index in [1.165, 1.54) is 46.5 Å². The number of ether oxygens (including phenoxy) is 2. The number of anilines is 1. The molecule has 0 aliphatic heterocycles. The van der Waals surface area contributed by atoms with Gasteiger partial charge in [0.1, 0.15) is 16.4 Å². The molecule has 0 aliphatic carbocycles. The molecule has 0 unspecified atom stereocenters. The molecule has 7 nitrogen and oxygen atoms in total. The number of sulfonamides is 1. The number of benzene rings is 2. The van der Waals surface area contributed by atoms with Gasteiger partial charge in [0.2, 0.25) is 10.0 Å². The highest BCUT2D eigenvalue weighted by molar-refractivity contribution is 7.89. The molecule has 0 spiro atoms. The predicted octanol–water partition coefficient (Wildman–Crippen LogP) is 2.86. The Hall–Kier alpha value is -2.29. The van der Waals surface area contributed by atoms with Gasteiger partial charge < -0.3 is 14.8 Å². The van der Waals surface area contributed by atoms with Gasteiger partial charge in [0, 0.05) is 24.7 Å². The lowest BCUT2D eigenvalue weighted by molar-refractivity contribution is 0.102. The van der Waals surface area contributed by atoms with Gasteiger partial charge in [-0.3, -0.25) is 4.79 Å². The maximum atomic E-state index is 12.6. The molecular weight excluding hydrogens is 380 g/mol. The highest BCUT2D eigenvalue weighted by Crippen LogP contribution is 2.30. The molecule has 1 amide bonds. The molecule has 1 N–H and O–H groups in total. The van der Waals surface area contributed by atoms with E-state index in [-0.39, 0.29) is 16.2 Å². The number of rotatable bonds is 6. The standard InChI is InChI=1S/C17H19ClN2O5S/c1-20(2)26(22,23)16-9-11(5-7-15(16)25-4)17(21)19-13-10-12(18)6-8-14(13)24-3/h5-10H,1-4H3,(H,19,21). The van der Waals surface area contributed by atoms with Crippen LogP contribution in [-0.2, 0) is 10.0 Å². The van der Waals surface area contributed by atoms with Crippen molar-refractivity contribution in [3.63, 3.8) is 0 Å². The van der Waals surface area contributed by atoms with Crippen LogP contribution in [0.15, 0.2) is 41.3 Å². The molecule has 0 saturated carbocycles. The van der Waals surface area contributed by atoms with E-state index in [0.29, 0.717) is 16.5 Å². The van der Waals surface area contributed by atoms with E-state index in [1.54, 1.807) is 18.2 Å². The van der Waals surface area contributed by atoms with Crippen LogP contribution >= 0.6 is 11.6 Å². The summed E-state index contributed by atoms with van der Waals surface area (Å²) in [7, 11) is 1.84. The quantitative estimate of drug-likeness (QED) is 0.808. The van der Waals surface area contributed by atoms with Gasteiger partial charge in [0.15, 0.2) is 0 Å². The van der Waals surface area contributed by atoms with Crippen LogP contribution in [0.1, 0.15) is 10.4 Å². The van der Waals surface area contributed by atoms with Crippen LogP contribution in [0.2, 0.25) is 5.02 Å². The number of methoxy groups -OCH3 is 2. The lowest BCUT2D eigenvalue weighted by atomic mass is 10.2. The minimum atomic E-state index is -3.79. The Morgan fingerprint density at radius 1 is 1.04 bits per heavy atom. The number of carbonyl (C=O) groups excluding carboxylic acids is 1. The molecule has 0 aromatic heterocycles. The van der Waals surface area contributed by atoms with Crippen LogP contribution in [0.4, 0.5) is 5.69 Å². The van der Waals surface area contributed by atoms with Gasteiger partial charge in [0.25, 0.3) is 5.91 Å². The summed E-state index contributed by atoms with van der Waals surface area (Å²) in [5, 5.41) is 3.09. The Morgan fingerprint density at radius 3 is 2.23 bits per heavy atom. The van der Waals surface area contributed by atoms with Crippen molar-refractivity contribution in [2.45, 2.75) is 4.90 Å². The fourth-order valence-corrected chi connectivity index (χ4v) is 3.44. The predicted molar refractivity (Wildman–Crippen MR) is 99.8 cm³/mol. The van der Waals surface area contributed by atoms with Crippen molar-refractivity contribution in [2.75, 3.05) is 33.6 Å². The molecule has 140 valence electrons. The number of nitrogens with zero attached hydrogens (tertiary/aromatic N) is 1. The number of carbonyl (C=O) groups is 1. The van der Waals surface area contributed by atoms with Gasteiger partial charge in [-0.1, -0.05) is 11.6 Å². The topological polar surface area (TPSA) is 84.9 Å². The average molecular weight is 399 g/mol. The average Bonchev–Trinajstić information content (AvgIpc) is 2.61. The minimum Gasteiger partial charge on any atom is -0.495 e. The number of nitrogens with one attached hydrogen (secondary N) is 1. The Morgan fingerprint density at radius 2 is 1.65 bits per heavy atom. The fourth-order valence-electron chi connectivity index (χ4n) is 2.19. The van der Waals surface area contributed by atoms with Crippen molar-refractivity contribution in [3.05, 3.63) is 47.0 Å². The smallest absolute Gasteiger partial charge is 0.255 e. The number of hydrogen-bond acceptors (Lipinski definition) is 5. The molecule has 0 radical (unpaired) electrons. The van der Waals surface area contributed by atoms with E-state index < -0.39 is 15.9 Å². The summed E-state index contributed by atoms with van der Waals surface area (Å²) >= 11 is 5.95. The zero-order valence-electron chi connectivity index (χ0n) is 14.7. The van der Waals surface area contributed by atoms with Crippen LogP contribution in [-0.4, -0.2) is 46.9 Å². The first-order valence-corrected chi connectivity index (χ1v) is 9.28. The normalized spacial score (nSPS) is 11.3. The van der Waals surface area contributed by atoms with Gasteiger partial charge in [-0.2, -0.15) is 0 Å². The van der Waals surface area contributed by atoms with Crippen molar-refractivity contribution in [3.8, 4) is 11.5 Å². The molecule has 0 bridgehead atoms. The highest BCUT2D eigenvalue weighted by atomic mass is 35.5. The van der Waals surface area contributed by atoms with Crippen LogP contribution in [0, 0.1) is 0 Å². The van der Waals surface area contributed by atoms with Crippen LogP contribution in [0.3, 0.4) is 0 Å². The highest BCUT2D eigenvalue weighted by Gasteiger charge is 2.24. The van der Waals surface area contributed by atoms with Gasteiger partial charge >= 0.3 is 0 Å². The van der Waals surface area contributed by atoms with Crippen molar-refractivity contribution in [2.24, 2.45) is 0 Å². The molecule has 2 aromatic rings. The maximum absolute atomic E-state index is 12.6. The third-order valence-corrected chi connectivity index (χ3v) is 5.67. The lowest BCUT2D eigenvalue weighted by Gasteiger charge is -2.16. The third kappa shape index (κ3) is 4.09. The zero-order valence-corrected chi connectivity index (χ0v) is 16.3. The number of halogens is 1. The van der Waals surface area contributed by atoms with Crippen molar-refractivity contribution >= 4 is 33.2 Å². The van der Waals surface area contributed by atoms with Crippen LogP contribution in [0.25, 0.3) is 0 Å². The SMILES string of the molecule is COc1ccc(Cl)cc1NC(=O)c1ccc(OC)c(S(=O)(=O)N(C)C)c1. The Labute approximate surface area is 157 Å².